The van der Waals surface area contributed by atoms with Gasteiger partial charge in [-0.3, -0.25) is 4.90 Å². The van der Waals surface area contributed by atoms with Crippen molar-refractivity contribution in [2.75, 3.05) is 26.2 Å². The van der Waals surface area contributed by atoms with Crippen molar-refractivity contribution >= 4 is 0 Å². The number of piperidine rings is 2. The molecule has 2 heterocycles. The van der Waals surface area contributed by atoms with E-state index in [0.29, 0.717) is 0 Å². The second-order valence-electron chi connectivity index (χ2n) is 6.59. The van der Waals surface area contributed by atoms with E-state index in [1.807, 2.05) is 0 Å². The van der Waals surface area contributed by atoms with Gasteiger partial charge in [0.05, 0.1) is 0 Å². The van der Waals surface area contributed by atoms with E-state index >= 15 is 0 Å². The molecule has 110 valence electrons. The molecule has 3 rings (SSSR count). The first kappa shape index (κ1) is 14.1. The fourth-order valence-electron chi connectivity index (χ4n) is 3.68. The Morgan fingerprint density at radius 1 is 0.900 bits per heavy atom. The smallest absolute Gasteiger partial charge is 0.0233 e. The van der Waals surface area contributed by atoms with Crippen LogP contribution in [-0.4, -0.2) is 42.0 Å². The molecule has 0 unspecified atom stereocenters. The van der Waals surface area contributed by atoms with Gasteiger partial charge in [0.25, 0.3) is 0 Å². The third-order valence-corrected chi connectivity index (χ3v) is 4.99. The van der Waals surface area contributed by atoms with Crippen molar-refractivity contribution in [3.63, 3.8) is 0 Å². The molecule has 2 nitrogen and oxygen atoms in total. The maximum absolute atomic E-state index is 2.76. The fourth-order valence-corrected chi connectivity index (χ4v) is 3.68. The third kappa shape index (κ3) is 3.62. The number of benzene rings is 1. The summed E-state index contributed by atoms with van der Waals surface area (Å²) in [4.78, 5) is 5.39. The predicted octanol–water partition coefficient (Wildman–Crippen LogP) is 3.45. The van der Waals surface area contributed by atoms with Crippen LogP contribution in [0.2, 0.25) is 0 Å². The molecule has 0 aromatic heterocycles. The van der Waals surface area contributed by atoms with E-state index in [-0.39, 0.29) is 0 Å². The average molecular weight is 272 g/mol. The molecule has 1 aromatic rings. The molecule has 0 bridgehead atoms. The molecular weight excluding hydrogens is 244 g/mol. The number of likely N-dealkylation sites (tertiary alicyclic amines) is 2. The lowest BCUT2D eigenvalue weighted by atomic mass is 9.99. The zero-order valence-corrected chi connectivity index (χ0v) is 12.9. The highest BCUT2D eigenvalue weighted by Crippen LogP contribution is 2.21. The normalized spacial score (nSPS) is 23.1. The Bertz CT molecular complexity index is 398. The van der Waals surface area contributed by atoms with Crippen molar-refractivity contribution in [1.82, 2.24) is 9.80 Å². The summed E-state index contributed by atoms with van der Waals surface area (Å²) in [6.45, 7) is 8.54. The van der Waals surface area contributed by atoms with Gasteiger partial charge in [0.15, 0.2) is 0 Å². The first-order valence-corrected chi connectivity index (χ1v) is 8.33. The van der Waals surface area contributed by atoms with E-state index < -0.39 is 0 Å². The van der Waals surface area contributed by atoms with Crippen LogP contribution in [0.4, 0.5) is 0 Å². The quantitative estimate of drug-likeness (QED) is 0.831. The maximum atomic E-state index is 2.76. The minimum Gasteiger partial charge on any atom is -0.300 e. The standard InChI is InChI=1S/C18H28N2/c1-16-5-7-17(8-6-16)15-19-13-9-18(10-14-19)20-11-3-2-4-12-20/h5-8,18H,2-4,9-15H2,1H3. The molecule has 0 N–H and O–H groups in total. The van der Waals surface area contributed by atoms with Crippen LogP contribution in [0.5, 0.6) is 0 Å². The van der Waals surface area contributed by atoms with E-state index in [4.69, 9.17) is 0 Å². The number of nitrogens with zero attached hydrogens (tertiary/aromatic N) is 2. The van der Waals surface area contributed by atoms with Crippen molar-refractivity contribution in [3.05, 3.63) is 35.4 Å². The molecule has 2 saturated heterocycles. The van der Waals surface area contributed by atoms with E-state index in [1.54, 1.807) is 0 Å². The lowest BCUT2D eigenvalue weighted by Gasteiger charge is -2.40. The SMILES string of the molecule is Cc1ccc(CN2CCC(N3CCCCC3)CC2)cc1. The van der Waals surface area contributed by atoms with Gasteiger partial charge in [0.1, 0.15) is 0 Å². The van der Waals surface area contributed by atoms with Crippen molar-refractivity contribution in [2.45, 2.75) is 51.6 Å². The molecule has 2 heteroatoms. The van der Waals surface area contributed by atoms with Crippen LogP contribution in [-0.2, 0) is 6.54 Å². The van der Waals surface area contributed by atoms with Gasteiger partial charge in [0.2, 0.25) is 0 Å². The number of hydrogen-bond acceptors (Lipinski definition) is 2. The van der Waals surface area contributed by atoms with E-state index in [1.165, 1.54) is 69.4 Å². The minimum absolute atomic E-state index is 0.865. The summed E-state index contributed by atoms with van der Waals surface area (Å²) in [7, 11) is 0. The summed E-state index contributed by atoms with van der Waals surface area (Å²) < 4.78 is 0. The summed E-state index contributed by atoms with van der Waals surface area (Å²) >= 11 is 0. The van der Waals surface area contributed by atoms with Crippen molar-refractivity contribution in [1.29, 1.82) is 0 Å². The second-order valence-corrected chi connectivity index (χ2v) is 6.59. The molecule has 0 amide bonds. The van der Waals surface area contributed by atoms with Gasteiger partial charge >= 0.3 is 0 Å². The van der Waals surface area contributed by atoms with Crippen LogP contribution in [0.15, 0.2) is 24.3 Å². The average Bonchev–Trinajstić information content (AvgIpc) is 2.51. The summed E-state index contributed by atoms with van der Waals surface area (Å²) in [5, 5.41) is 0. The maximum Gasteiger partial charge on any atom is 0.0233 e. The number of rotatable bonds is 3. The van der Waals surface area contributed by atoms with Crippen LogP contribution >= 0.6 is 0 Å². The Hall–Kier alpha value is -0.860. The van der Waals surface area contributed by atoms with Gasteiger partial charge in [-0.25, -0.2) is 0 Å². The molecule has 0 aliphatic carbocycles. The highest BCUT2D eigenvalue weighted by molar-refractivity contribution is 5.21. The molecule has 0 saturated carbocycles. The predicted molar refractivity (Wildman–Crippen MR) is 84.9 cm³/mol. The highest BCUT2D eigenvalue weighted by atomic mass is 15.2. The monoisotopic (exact) mass is 272 g/mol. The van der Waals surface area contributed by atoms with Crippen LogP contribution in [0.3, 0.4) is 0 Å². The lowest BCUT2D eigenvalue weighted by Crippen LogP contribution is -2.46. The molecule has 20 heavy (non-hydrogen) atoms. The van der Waals surface area contributed by atoms with Crippen LogP contribution in [0, 0.1) is 6.92 Å². The van der Waals surface area contributed by atoms with Crippen LogP contribution in [0.25, 0.3) is 0 Å². The van der Waals surface area contributed by atoms with Crippen LogP contribution in [0.1, 0.15) is 43.2 Å². The number of hydrogen-bond donors (Lipinski definition) is 0. The van der Waals surface area contributed by atoms with Gasteiger partial charge in [-0.05, 0) is 64.3 Å². The summed E-state index contributed by atoms with van der Waals surface area (Å²) in [5.74, 6) is 0. The Morgan fingerprint density at radius 3 is 2.20 bits per heavy atom. The van der Waals surface area contributed by atoms with Crippen molar-refractivity contribution in [2.24, 2.45) is 0 Å². The highest BCUT2D eigenvalue weighted by Gasteiger charge is 2.25. The van der Waals surface area contributed by atoms with E-state index in [9.17, 15) is 0 Å². The van der Waals surface area contributed by atoms with Gasteiger partial charge in [-0.1, -0.05) is 36.2 Å². The van der Waals surface area contributed by atoms with Crippen molar-refractivity contribution in [3.8, 4) is 0 Å². The molecule has 1 aromatic carbocycles. The van der Waals surface area contributed by atoms with Gasteiger partial charge < -0.3 is 4.90 Å². The zero-order valence-electron chi connectivity index (χ0n) is 12.9. The Labute approximate surface area is 123 Å². The Kier molecular flexibility index (Phi) is 4.74. The van der Waals surface area contributed by atoms with Gasteiger partial charge in [-0.15, -0.1) is 0 Å². The zero-order chi connectivity index (χ0) is 13.8. The van der Waals surface area contributed by atoms with Crippen molar-refractivity contribution < 1.29 is 0 Å². The van der Waals surface area contributed by atoms with Gasteiger partial charge in [0, 0.05) is 12.6 Å². The summed E-state index contributed by atoms with van der Waals surface area (Å²) in [6, 6.07) is 9.90. The molecule has 0 radical (unpaired) electrons. The van der Waals surface area contributed by atoms with Gasteiger partial charge in [-0.2, -0.15) is 0 Å². The first-order chi connectivity index (χ1) is 9.81. The Morgan fingerprint density at radius 2 is 1.55 bits per heavy atom. The minimum atomic E-state index is 0.865. The molecular formula is C18H28N2. The van der Waals surface area contributed by atoms with E-state index in [0.717, 1.165) is 12.6 Å². The third-order valence-electron chi connectivity index (χ3n) is 4.99. The van der Waals surface area contributed by atoms with E-state index in [2.05, 4.69) is 41.0 Å². The molecule has 2 fully saturated rings. The number of aryl methyl sites for hydroxylation is 1. The fraction of sp³-hybridized carbons (Fsp3) is 0.667. The first-order valence-electron chi connectivity index (χ1n) is 8.33. The lowest BCUT2D eigenvalue weighted by molar-refractivity contribution is 0.0896. The topological polar surface area (TPSA) is 6.48 Å². The molecule has 2 aliphatic rings. The van der Waals surface area contributed by atoms with Crippen LogP contribution < -0.4 is 0 Å². The molecule has 2 aliphatic heterocycles. The summed E-state index contributed by atoms with van der Waals surface area (Å²) in [5.41, 5.74) is 2.82. The molecule has 0 spiro atoms. The molecule has 0 atom stereocenters. The summed E-state index contributed by atoms with van der Waals surface area (Å²) in [6.07, 6.45) is 7.02. The Balaban J connectivity index is 1.47. The second kappa shape index (κ2) is 6.73. The largest absolute Gasteiger partial charge is 0.300 e.